The number of hydrogen-bond acceptors (Lipinski definition) is 1. The molecule has 15 heavy (non-hydrogen) atoms. The Balaban J connectivity index is 2.73. The third-order valence-corrected chi connectivity index (χ3v) is 5.39. The highest BCUT2D eigenvalue weighted by molar-refractivity contribution is 14.1. The minimum absolute atomic E-state index is 0.0863. The van der Waals surface area contributed by atoms with Crippen molar-refractivity contribution in [3.63, 3.8) is 0 Å². The molecule has 3 heteroatoms. The molecule has 1 N–H and O–H groups in total. The Kier molecular flexibility index (Phi) is 4.79. The first-order valence-corrected chi connectivity index (χ1v) is 7.82. The molecular weight excluding hydrogens is 414 g/mol. The van der Waals surface area contributed by atoms with Gasteiger partial charge >= 0.3 is 0 Å². The summed E-state index contributed by atoms with van der Waals surface area (Å²) in [6.45, 7) is 9.14. The number of alkyl halides is 2. The van der Waals surface area contributed by atoms with Gasteiger partial charge in [0.2, 0.25) is 0 Å². The van der Waals surface area contributed by atoms with Gasteiger partial charge in [-0.3, -0.25) is 0 Å². The molecule has 0 amide bonds. The molecule has 1 rings (SSSR count). The first kappa shape index (κ1) is 14.5. The van der Waals surface area contributed by atoms with Crippen LogP contribution >= 0.6 is 45.2 Å². The van der Waals surface area contributed by atoms with E-state index in [2.05, 4.69) is 72.9 Å². The fraction of sp³-hybridized carbons (Fsp3) is 1.00. The van der Waals surface area contributed by atoms with E-state index in [4.69, 9.17) is 0 Å². The van der Waals surface area contributed by atoms with E-state index in [9.17, 15) is 5.11 Å². The summed E-state index contributed by atoms with van der Waals surface area (Å²) < 4.78 is 0.610. The maximum Gasteiger partial charge on any atom is 0.0546 e. The predicted octanol–water partition coefficient (Wildman–Crippen LogP) is 4.19. The zero-order valence-electron chi connectivity index (χ0n) is 10.1. The van der Waals surface area contributed by atoms with Crippen molar-refractivity contribution in [3.8, 4) is 0 Å². The lowest BCUT2D eigenvalue weighted by molar-refractivity contribution is 0.0553. The molecule has 0 aromatic carbocycles. The van der Waals surface area contributed by atoms with E-state index in [1.54, 1.807) is 0 Å². The normalized spacial score (nSPS) is 34.2. The van der Waals surface area contributed by atoms with Crippen LogP contribution in [0.15, 0.2) is 0 Å². The number of rotatable bonds is 2. The maximum atomic E-state index is 9.97. The van der Waals surface area contributed by atoms with Gasteiger partial charge in [0.1, 0.15) is 0 Å². The summed E-state index contributed by atoms with van der Waals surface area (Å²) in [6, 6.07) is 0. The fourth-order valence-electron chi connectivity index (χ4n) is 2.41. The predicted molar refractivity (Wildman–Crippen MR) is 83.0 cm³/mol. The molecule has 1 fully saturated rings. The summed E-state index contributed by atoms with van der Waals surface area (Å²) >= 11 is 5.06. The molecule has 0 spiro atoms. The van der Waals surface area contributed by atoms with Gasteiger partial charge in [-0.25, -0.2) is 0 Å². The highest BCUT2D eigenvalue weighted by Gasteiger charge is 2.40. The zero-order valence-corrected chi connectivity index (χ0v) is 14.4. The molecular formula is C12H22I2O. The Bertz CT molecular complexity index is 193. The molecule has 0 aliphatic heterocycles. The van der Waals surface area contributed by atoms with Crippen LogP contribution in [0.1, 0.15) is 47.0 Å². The van der Waals surface area contributed by atoms with Crippen LogP contribution in [0.2, 0.25) is 0 Å². The molecule has 1 saturated carbocycles. The van der Waals surface area contributed by atoms with Gasteiger partial charge in [0, 0.05) is 6.84 Å². The van der Waals surface area contributed by atoms with Crippen LogP contribution in [0, 0.1) is 11.8 Å². The Morgan fingerprint density at radius 2 is 1.20 bits per heavy atom. The van der Waals surface area contributed by atoms with Crippen LogP contribution in [0.3, 0.4) is 0 Å². The van der Waals surface area contributed by atoms with Gasteiger partial charge < -0.3 is 5.11 Å². The van der Waals surface area contributed by atoms with E-state index in [0.29, 0.717) is 18.7 Å². The molecule has 0 bridgehead atoms. The number of hydrogen-bond donors (Lipinski definition) is 1. The van der Waals surface area contributed by atoms with Gasteiger partial charge in [-0.05, 0) is 31.1 Å². The smallest absolute Gasteiger partial charge is 0.0546 e. The molecule has 0 radical (unpaired) electrons. The second-order valence-electron chi connectivity index (χ2n) is 5.88. The van der Waals surface area contributed by atoms with Gasteiger partial charge in [0.25, 0.3) is 0 Å². The van der Waals surface area contributed by atoms with E-state index in [1.807, 2.05) is 0 Å². The van der Waals surface area contributed by atoms with Gasteiger partial charge in [-0.15, -0.1) is 0 Å². The molecule has 0 aromatic heterocycles. The lowest BCUT2D eigenvalue weighted by Crippen LogP contribution is -2.40. The molecule has 0 aromatic rings. The van der Waals surface area contributed by atoms with Crippen molar-refractivity contribution in [2.45, 2.75) is 59.9 Å². The minimum atomic E-state index is -0.0863. The van der Waals surface area contributed by atoms with Crippen molar-refractivity contribution in [1.29, 1.82) is 0 Å². The van der Waals surface area contributed by atoms with E-state index in [-0.39, 0.29) is 6.10 Å². The molecule has 90 valence electrons. The zero-order chi connectivity index (χ0) is 11.9. The van der Waals surface area contributed by atoms with Crippen molar-refractivity contribution in [1.82, 2.24) is 0 Å². The molecule has 1 nitrogen and oxygen atoms in total. The van der Waals surface area contributed by atoms with Crippen LogP contribution in [-0.4, -0.2) is 18.1 Å². The third kappa shape index (κ3) is 4.30. The lowest BCUT2D eigenvalue weighted by Gasteiger charge is -2.43. The van der Waals surface area contributed by atoms with Gasteiger partial charge in [0.15, 0.2) is 0 Å². The lowest BCUT2D eigenvalue weighted by atomic mass is 9.71. The van der Waals surface area contributed by atoms with E-state index in [1.165, 1.54) is 6.42 Å². The summed E-state index contributed by atoms with van der Waals surface area (Å²) in [6.07, 6.45) is 3.15. The first-order valence-electron chi connectivity index (χ1n) is 5.66. The molecule has 0 unspecified atom stereocenters. The average molecular weight is 436 g/mol. The van der Waals surface area contributed by atoms with Gasteiger partial charge in [-0.1, -0.05) is 72.9 Å². The molecule has 0 heterocycles. The number of aliphatic hydroxyl groups excluding tert-OH is 1. The molecule has 1 aliphatic carbocycles. The summed E-state index contributed by atoms with van der Waals surface area (Å²) in [7, 11) is 0. The molecule has 3 atom stereocenters. The minimum Gasteiger partial charge on any atom is -0.393 e. The first-order chi connectivity index (χ1) is 6.60. The average Bonchev–Trinajstić information content (AvgIpc) is 1.99. The fourth-order valence-corrected chi connectivity index (χ4v) is 3.43. The topological polar surface area (TPSA) is 20.2 Å². The quantitative estimate of drug-likeness (QED) is 0.509. The Morgan fingerprint density at radius 1 is 0.867 bits per heavy atom. The Hall–Kier alpha value is 1.42. The molecule has 1 aliphatic rings. The van der Waals surface area contributed by atoms with Crippen molar-refractivity contribution in [2.75, 3.05) is 0 Å². The largest absolute Gasteiger partial charge is 0.393 e. The Morgan fingerprint density at radius 3 is 1.47 bits per heavy atom. The third-order valence-electron chi connectivity index (χ3n) is 3.62. The van der Waals surface area contributed by atoms with Crippen LogP contribution in [0.25, 0.3) is 0 Å². The molecule has 0 saturated heterocycles. The Labute approximate surface area is 121 Å². The van der Waals surface area contributed by atoms with Gasteiger partial charge in [-0.2, -0.15) is 0 Å². The number of aliphatic hydroxyl groups is 1. The van der Waals surface area contributed by atoms with Crippen LogP contribution in [-0.2, 0) is 0 Å². The highest BCUT2D eigenvalue weighted by atomic mass is 127. The summed E-state index contributed by atoms with van der Waals surface area (Å²) in [5.41, 5.74) is 0. The summed E-state index contributed by atoms with van der Waals surface area (Å²) in [4.78, 5) is 0. The van der Waals surface area contributed by atoms with Crippen molar-refractivity contribution < 1.29 is 5.11 Å². The second-order valence-corrected chi connectivity index (χ2v) is 11.4. The van der Waals surface area contributed by atoms with Crippen molar-refractivity contribution in [3.05, 3.63) is 0 Å². The van der Waals surface area contributed by atoms with Crippen molar-refractivity contribution >= 4 is 45.2 Å². The van der Waals surface area contributed by atoms with E-state index in [0.717, 1.165) is 12.8 Å². The van der Waals surface area contributed by atoms with Crippen LogP contribution < -0.4 is 0 Å². The van der Waals surface area contributed by atoms with E-state index >= 15 is 0 Å². The highest BCUT2D eigenvalue weighted by Crippen LogP contribution is 2.46. The standard InChI is InChI=1S/C12H22I2O/c1-11(2,13)8-5-9(12(3,4)14)7-10(15)6-8/h8-10,15H,5-7H2,1-4H3/t8-,9+,10-. The van der Waals surface area contributed by atoms with Crippen LogP contribution in [0.4, 0.5) is 0 Å². The SMILES string of the molecule is CC(C)(I)[C@@H]1C[C@H](O)C[C@H](C(C)(C)I)C1. The monoisotopic (exact) mass is 436 g/mol. The van der Waals surface area contributed by atoms with Gasteiger partial charge in [0.05, 0.1) is 6.10 Å². The van der Waals surface area contributed by atoms with Crippen LogP contribution in [0.5, 0.6) is 0 Å². The summed E-state index contributed by atoms with van der Waals surface area (Å²) in [5.74, 6) is 1.31. The summed E-state index contributed by atoms with van der Waals surface area (Å²) in [5, 5.41) is 9.97. The second kappa shape index (κ2) is 4.96. The van der Waals surface area contributed by atoms with Crippen molar-refractivity contribution in [2.24, 2.45) is 11.8 Å². The van der Waals surface area contributed by atoms with E-state index < -0.39 is 0 Å². The maximum absolute atomic E-state index is 9.97. The number of halogens is 2.